The van der Waals surface area contributed by atoms with Gasteiger partial charge >= 0.3 is 0 Å². The average Bonchev–Trinajstić information content (AvgIpc) is 2.86. The van der Waals surface area contributed by atoms with Crippen LogP contribution in [0.1, 0.15) is 0 Å². The maximum Gasteiger partial charge on any atom is 0.269 e. The lowest BCUT2D eigenvalue weighted by Crippen LogP contribution is -2.27. The molecule has 0 unspecified atom stereocenters. The van der Waals surface area contributed by atoms with Gasteiger partial charge in [0, 0.05) is 3.57 Å². The first-order chi connectivity index (χ1) is 8.74. The molecule has 1 aliphatic heterocycles. The Morgan fingerprint density at radius 1 is 1.39 bits per heavy atom. The molecule has 1 aliphatic rings. The second kappa shape index (κ2) is 4.94. The Kier molecular flexibility index (Phi) is 3.31. The van der Waals surface area contributed by atoms with Crippen LogP contribution in [0.4, 0.5) is 0 Å². The molecule has 0 spiro atoms. The Bertz CT molecular complexity index is 635. The van der Waals surface area contributed by atoms with Gasteiger partial charge in [0.25, 0.3) is 5.56 Å². The van der Waals surface area contributed by atoms with Gasteiger partial charge in [-0.1, -0.05) is 0 Å². The van der Waals surface area contributed by atoms with Crippen molar-refractivity contribution in [2.75, 3.05) is 13.2 Å². The van der Waals surface area contributed by atoms with Crippen LogP contribution in [0.15, 0.2) is 29.2 Å². The third-order valence-corrected chi connectivity index (χ3v) is 3.50. The maximum atomic E-state index is 11.9. The van der Waals surface area contributed by atoms with Crippen LogP contribution in [0.2, 0.25) is 0 Å². The molecule has 0 N–H and O–H groups in total. The van der Waals surface area contributed by atoms with Crippen LogP contribution in [0.25, 0.3) is 11.0 Å². The number of hydrogen-bond acceptors (Lipinski definition) is 4. The molecule has 0 aliphatic carbocycles. The van der Waals surface area contributed by atoms with Gasteiger partial charge in [-0.2, -0.15) is 0 Å². The van der Waals surface area contributed by atoms with Crippen molar-refractivity contribution >= 4 is 33.6 Å². The van der Waals surface area contributed by atoms with Crippen molar-refractivity contribution in [2.45, 2.75) is 12.8 Å². The largest absolute Gasteiger partial charge is 0.348 e. The van der Waals surface area contributed by atoms with Gasteiger partial charge in [-0.05, 0) is 40.8 Å². The Morgan fingerprint density at radius 2 is 2.17 bits per heavy atom. The summed E-state index contributed by atoms with van der Waals surface area (Å²) in [5.41, 5.74) is 1.48. The summed E-state index contributed by atoms with van der Waals surface area (Å²) in [6, 6.07) is 5.82. The zero-order valence-corrected chi connectivity index (χ0v) is 11.7. The monoisotopic (exact) mass is 358 g/mol. The van der Waals surface area contributed by atoms with Gasteiger partial charge in [-0.15, -0.1) is 0 Å². The minimum atomic E-state index is -0.342. The normalized spacial score (nSPS) is 16.5. The van der Waals surface area contributed by atoms with E-state index in [1.165, 1.54) is 6.20 Å². The molecule has 1 aromatic heterocycles. The molecule has 18 heavy (non-hydrogen) atoms. The number of nitrogens with zero attached hydrogens (tertiary/aromatic N) is 2. The average molecular weight is 358 g/mol. The minimum absolute atomic E-state index is 0.136. The summed E-state index contributed by atoms with van der Waals surface area (Å²) in [6.45, 7) is 1.57. The predicted molar refractivity (Wildman–Crippen MR) is 74.4 cm³/mol. The van der Waals surface area contributed by atoms with E-state index in [2.05, 4.69) is 27.6 Å². The molecule has 0 bridgehead atoms. The van der Waals surface area contributed by atoms with Gasteiger partial charge in [0.15, 0.2) is 6.29 Å². The summed E-state index contributed by atoms with van der Waals surface area (Å²) in [6.07, 6.45) is 0.996. The van der Waals surface area contributed by atoms with Crippen molar-refractivity contribution in [3.05, 3.63) is 38.3 Å². The molecule has 1 saturated heterocycles. The lowest BCUT2D eigenvalue weighted by molar-refractivity contribution is -0.0523. The number of benzene rings is 1. The highest BCUT2D eigenvalue weighted by Crippen LogP contribution is 2.15. The summed E-state index contributed by atoms with van der Waals surface area (Å²) in [7, 11) is 0. The molecule has 6 heteroatoms. The number of halogens is 1. The maximum absolute atomic E-state index is 11.9. The van der Waals surface area contributed by atoms with Gasteiger partial charge in [0.1, 0.15) is 0 Å². The predicted octanol–water partition coefficient (Wildman–Crippen LogP) is 1.37. The molecule has 0 atom stereocenters. The van der Waals surface area contributed by atoms with E-state index in [1.807, 2.05) is 18.2 Å². The van der Waals surface area contributed by atoms with Gasteiger partial charge < -0.3 is 14.0 Å². The van der Waals surface area contributed by atoms with E-state index in [-0.39, 0.29) is 11.8 Å². The first kappa shape index (κ1) is 12.1. The van der Waals surface area contributed by atoms with Gasteiger partial charge in [-0.3, -0.25) is 4.79 Å². The van der Waals surface area contributed by atoms with E-state index in [9.17, 15) is 4.79 Å². The number of fused-ring (bicyclic) bond motifs is 1. The second-order valence-electron chi connectivity index (χ2n) is 4.01. The zero-order chi connectivity index (χ0) is 12.5. The highest BCUT2D eigenvalue weighted by molar-refractivity contribution is 14.1. The Hall–Kier alpha value is -0.990. The van der Waals surface area contributed by atoms with Crippen LogP contribution in [-0.2, 0) is 16.0 Å². The van der Waals surface area contributed by atoms with Crippen LogP contribution in [0.3, 0.4) is 0 Å². The highest BCUT2D eigenvalue weighted by Gasteiger charge is 2.18. The number of hydrogen-bond donors (Lipinski definition) is 0. The first-order valence-corrected chi connectivity index (χ1v) is 6.70. The van der Waals surface area contributed by atoms with Crippen LogP contribution in [0, 0.1) is 3.57 Å². The summed E-state index contributed by atoms with van der Waals surface area (Å²) < 4.78 is 13.5. The molecular weight excluding hydrogens is 347 g/mol. The SMILES string of the molecule is O=c1cnc2ccc(I)cc2n1CC1OCCO1. The molecule has 3 rings (SSSR count). The fourth-order valence-electron chi connectivity index (χ4n) is 1.99. The van der Waals surface area contributed by atoms with E-state index in [4.69, 9.17) is 9.47 Å². The third kappa shape index (κ3) is 2.27. The van der Waals surface area contributed by atoms with Crippen molar-refractivity contribution in [1.29, 1.82) is 0 Å². The Morgan fingerprint density at radius 3 is 2.94 bits per heavy atom. The molecule has 1 fully saturated rings. The first-order valence-electron chi connectivity index (χ1n) is 5.62. The standard InChI is InChI=1S/C12H11IN2O3/c13-8-1-2-9-10(5-8)15(11(16)6-14-9)7-12-17-3-4-18-12/h1-2,5-6,12H,3-4,7H2. The molecule has 0 radical (unpaired) electrons. The van der Waals surface area contributed by atoms with Crippen LogP contribution in [-0.4, -0.2) is 29.1 Å². The van der Waals surface area contributed by atoms with Gasteiger partial charge in [-0.25, -0.2) is 4.98 Å². The fraction of sp³-hybridized carbons (Fsp3) is 0.333. The van der Waals surface area contributed by atoms with Crippen LogP contribution >= 0.6 is 22.6 Å². The second-order valence-corrected chi connectivity index (χ2v) is 5.26. The number of rotatable bonds is 2. The quantitative estimate of drug-likeness (QED) is 0.762. The third-order valence-electron chi connectivity index (χ3n) is 2.83. The molecule has 94 valence electrons. The van der Waals surface area contributed by atoms with Crippen molar-refractivity contribution < 1.29 is 9.47 Å². The topological polar surface area (TPSA) is 53.4 Å². The molecule has 0 amide bonds. The molecule has 2 heterocycles. The van der Waals surface area contributed by atoms with E-state index in [0.29, 0.717) is 19.8 Å². The molecule has 2 aromatic rings. The minimum Gasteiger partial charge on any atom is -0.348 e. The lowest BCUT2D eigenvalue weighted by Gasteiger charge is -2.13. The highest BCUT2D eigenvalue weighted by atomic mass is 127. The van der Waals surface area contributed by atoms with Crippen LogP contribution in [0.5, 0.6) is 0 Å². The van der Waals surface area contributed by atoms with Crippen molar-refractivity contribution in [2.24, 2.45) is 0 Å². The number of ether oxygens (including phenoxy) is 2. The lowest BCUT2D eigenvalue weighted by atomic mass is 10.3. The molecule has 0 saturated carbocycles. The molecular formula is C12H11IN2O3. The van der Waals surface area contributed by atoms with Crippen molar-refractivity contribution in [3.63, 3.8) is 0 Å². The molecule has 5 nitrogen and oxygen atoms in total. The van der Waals surface area contributed by atoms with Crippen molar-refractivity contribution in [1.82, 2.24) is 9.55 Å². The fourth-order valence-corrected chi connectivity index (χ4v) is 2.46. The van der Waals surface area contributed by atoms with Gasteiger partial charge in [0.05, 0.1) is 37.0 Å². The van der Waals surface area contributed by atoms with Gasteiger partial charge in [0.2, 0.25) is 0 Å². The number of aromatic nitrogens is 2. The summed E-state index contributed by atoms with van der Waals surface area (Å²) in [4.78, 5) is 16.1. The van der Waals surface area contributed by atoms with E-state index >= 15 is 0 Å². The van der Waals surface area contributed by atoms with Crippen molar-refractivity contribution in [3.8, 4) is 0 Å². The van der Waals surface area contributed by atoms with E-state index < -0.39 is 0 Å². The Labute approximate surface area is 117 Å². The molecule has 1 aromatic carbocycles. The van der Waals surface area contributed by atoms with E-state index in [0.717, 1.165) is 14.6 Å². The Balaban J connectivity index is 2.10. The van der Waals surface area contributed by atoms with E-state index in [1.54, 1.807) is 4.57 Å². The zero-order valence-electron chi connectivity index (χ0n) is 9.51. The van der Waals surface area contributed by atoms with Crippen LogP contribution < -0.4 is 5.56 Å². The summed E-state index contributed by atoms with van der Waals surface area (Å²) in [5.74, 6) is 0. The smallest absolute Gasteiger partial charge is 0.269 e. The summed E-state index contributed by atoms with van der Waals surface area (Å²) in [5, 5.41) is 0. The summed E-state index contributed by atoms with van der Waals surface area (Å²) >= 11 is 2.22.